The number of aromatic nitrogens is 2. The molecule has 1 aromatic heterocycles. The molecule has 3 heteroatoms. The normalized spacial score (nSPS) is 20.2. The van der Waals surface area contributed by atoms with Crippen LogP contribution < -0.4 is 5.73 Å². The van der Waals surface area contributed by atoms with E-state index in [9.17, 15) is 0 Å². The van der Waals surface area contributed by atoms with Crippen LogP contribution in [-0.4, -0.2) is 16.1 Å². The highest BCUT2D eigenvalue weighted by Crippen LogP contribution is 2.44. The molecule has 1 aliphatic rings. The van der Waals surface area contributed by atoms with Gasteiger partial charge < -0.3 is 10.3 Å². The summed E-state index contributed by atoms with van der Waals surface area (Å²) in [6, 6.07) is 0. The largest absolute Gasteiger partial charge is 0.328 e. The van der Waals surface area contributed by atoms with Crippen LogP contribution in [0.4, 0.5) is 0 Å². The third-order valence-corrected chi connectivity index (χ3v) is 3.64. The van der Waals surface area contributed by atoms with Gasteiger partial charge in [-0.2, -0.15) is 0 Å². The second-order valence-electron chi connectivity index (χ2n) is 4.84. The fourth-order valence-electron chi connectivity index (χ4n) is 2.39. The molecule has 0 aromatic carbocycles. The molecule has 1 saturated carbocycles. The van der Waals surface area contributed by atoms with Crippen molar-refractivity contribution in [2.75, 3.05) is 6.54 Å². The Kier molecular flexibility index (Phi) is 2.83. The molecular formula is C12H21N3. The molecule has 1 atom stereocenters. The standard InChI is InChI=1S/C12H21N3/c1-3-4-11-7-14-9-15(11)12(2,8-13)10-5-6-10/h7,9-10H,3-6,8,13H2,1-2H3. The summed E-state index contributed by atoms with van der Waals surface area (Å²) in [7, 11) is 0. The van der Waals surface area contributed by atoms with Gasteiger partial charge in [0.25, 0.3) is 0 Å². The van der Waals surface area contributed by atoms with E-state index in [2.05, 4.69) is 23.4 Å². The average molecular weight is 207 g/mol. The van der Waals surface area contributed by atoms with E-state index in [0.717, 1.165) is 18.8 Å². The first-order valence-electron chi connectivity index (χ1n) is 5.94. The molecule has 0 saturated heterocycles. The molecule has 0 aliphatic heterocycles. The van der Waals surface area contributed by atoms with Gasteiger partial charge in [-0.05, 0) is 32.1 Å². The smallest absolute Gasteiger partial charge is 0.0953 e. The minimum atomic E-state index is 0.0982. The van der Waals surface area contributed by atoms with Gasteiger partial charge in [-0.25, -0.2) is 4.98 Å². The molecule has 1 fully saturated rings. The van der Waals surface area contributed by atoms with Gasteiger partial charge in [-0.1, -0.05) is 13.3 Å². The van der Waals surface area contributed by atoms with Gasteiger partial charge in [0.05, 0.1) is 11.9 Å². The Morgan fingerprint density at radius 1 is 1.60 bits per heavy atom. The maximum absolute atomic E-state index is 5.96. The first-order chi connectivity index (χ1) is 7.22. The summed E-state index contributed by atoms with van der Waals surface area (Å²) < 4.78 is 2.31. The molecule has 1 heterocycles. The van der Waals surface area contributed by atoms with Crippen molar-refractivity contribution in [1.82, 2.24) is 9.55 Å². The van der Waals surface area contributed by atoms with Gasteiger partial charge in [0.15, 0.2) is 0 Å². The molecule has 84 valence electrons. The van der Waals surface area contributed by atoms with Crippen LogP contribution in [0.1, 0.15) is 38.8 Å². The SMILES string of the molecule is CCCc1cncn1C(C)(CN)C1CC1. The number of hydrogen-bond acceptors (Lipinski definition) is 2. The van der Waals surface area contributed by atoms with Crippen molar-refractivity contribution in [3.8, 4) is 0 Å². The quantitative estimate of drug-likeness (QED) is 0.801. The molecule has 0 spiro atoms. The lowest BCUT2D eigenvalue weighted by Gasteiger charge is -2.31. The number of hydrogen-bond donors (Lipinski definition) is 1. The molecule has 1 aromatic rings. The summed E-state index contributed by atoms with van der Waals surface area (Å²) >= 11 is 0. The summed E-state index contributed by atoms with van der Waals surface area (Å²) in [6.45, 7) is 5.19. The van der Waals surface area contributed by atoms with Crippen molar-refractivity contribution in [3.63, 3.8) is 0 Å². The fraction of sp³-hybridized carbons (Fsp3) is 0.750. The van der Waals surface area contributed by atoms with Crippen molar-refractivity contribution in [2.45, 2.75) is 45.1 Å². The molecule has 0 bridgehead atoms. The maximum atomic E-state index is 5.96. The van der Waals surface area contributed by atoms with E-state index >= 15 is 0 Å². The van der Waals surface area contributed by atoms with Crippen LogP contribution in [0.3, 0.4) is 0 Å². The summed E-state index contributed by atoms with van der Waals surface area (Å²) in [4.78, 5) is 4.27. The summed E-state index contributed by atoms with van der Waals surface area (Å²) in [5.41, 5.74) is 7.38. The average Bonchev–Trinajstić information content (AvgIpc) is 3.00. The van der Waals surface area contributed by atoms with Gasteiger partial charge in [0.1, 0.15) is 0 Å². The molecule has 3 nitrogen and oxygen atoms in total. The second kappa shape index (κ2) is 3.97. The second-order valence-corrected chi connectivity index (χ2v) is 4.84. The van der Waals surface area contributed by atoms with Crippen LogP contribution in [0.2, 0.25) is 0 Å². The first kappa shape index (κ1) is 10.7. The minimum absolute atomic E-state index is 0.0982. The fourth-order valence-corrected chi connectivity index (χ4v) is 2.39. The van der Waals surface area contributed by atoms with Crippen LogP contribution in [0.5, 0.6) is 0 Å². The van der Waals surface area contributed by atoms with Gasteiger partial charge in [-0.3, -0.25) is 0 Å². The minimum Gasteiger partial charge on any atom is -0.328 e. The van der Waals surface area contributed by atoms with Crippen molar-refractivity contribution < 1.29 is 0 Å². The van der Waals surface area contributed by atoms with Crippen LogP contribution >= 0.6 is 0 Å². The van der Waals surface area contributed by atoms with Gasteiger partial charge >= 0.3 is 0 Å². The molecule has 15 heavy (non-hydrogen) atoms. The molecule has 1 aliphatic carbocycles. The van der Waals surface area contributed by atoms with Crippen LogP contribution in [0.25, 0.3) is 0 Å². The van der Waals surface area contributed by atoms with Crippen molar-refractivity contribution in [3.05, 3.63) is 18.2 Å². The summed E-state index contributed by atoms with van der Waals surface area (Å²) in [5.74, 6) is 0.757. The van der Waals surface area contributed by atoms with Gasteiger partial charge in [-0.15, -0.1) is 0 Å². The Hall–Kier alpha value is -0.830. The molecule has 0 radical (unpaired) electrons. The van der Waals surface area contributed by atoms with E-state index in [-0.39, 0.29) is 5.54 Å². The lowest BCUT2D eigenvalue weighted by atomic mass is 9.95. The van der Waals surface area contributed by atoms with Crippen molar-refractivity contribution in [1.29, 1.82) is 0 Å². The zero-order valence-corrected chi connectivity index (χ0v) is 9.74. The zero-order valence-electron chi connectivity index (χ0n) is 9.74. The predicted octanol–water partition coefficient (Wildman–Crippen LogP) is 1.92. The van der Waals surface area contributed by atoms with Crippen LogP contribution in [0.15, 0.2) is 12.5 Å². The summed E-state index contributed by atoms with van der Waals surface area (Å²) in [5, 5.41) is 0. The Labute approximate surface area is 91.7 Å². The van der Waals surface area contributed by atoms with Crippen LogP contribution in [0, 0.1) is 5.92 Å². The molecule has 1 unspecified atom stereocenters. The van der Waals surface area contributed by atoms with E-state index in [1.165, 1.54) is 18.5 Å². The summed E-state index contributed by atoms with van der Waals surface area (Å²) in [6.07, 6.45) is 8.84. The van der Waals surface area contributed by atoms with E-state index in [1.54, 1.807) is 0 Å². The van der Waals surface area contributed by atoms with Crippen molar-refractivity contribution in [2.24, 2.45) is 11.7 Å². The Morgan fingerprint density at radius 3 is 2.87 bits per heavy atom. The van der Waals surface area contributed by atoms with Crippen LogP contribution in [-0.2, 0) is 12.0 Å². The highest BCUT2D eigenvalue weighted by atomic mass is 15.1. The topological polar surface area (TPSA) is 43.8 Å². The maximum Gasteiger partial charge on any atom is 0.0953 e. The highest BCUT2D eigenvalue weighted by Gasteiger charge is 2.42. The molecule has 0 amide bonds. The molecular weight excluding hydrogens is 186 g/mol. The van der Waals surface area contributed by atoms with E-state index in [1.807, 2.05) is 12.5 Å². The van der Waals surface area contributed by atoms with E-state index in [0.29, 0.717) is 6.54 Å². The number of aryl methyl sites for hydroxylation is 1. The zero-order chi connectivity index (χ0) is 10.9. The predicted molar refractivity (Wildman–Crippen MR) is 61.6 cm³/mol. The third-order valence-electron chi connectivity index (χ3n) is 3.64. The number of nitrogens with zero attached hydrogens (tertiary/aromatic N) is 2. The molecule has 2 N–H and O–H groups in total. The number of rotatable bonds is 5. The lowest BCUT2D eigenvalue weighted by Crippen LogP contribution is -2.40. The van der Waals surface area contributed by atoms with Gasteiger partial charge in [0.2, 0.25) is 0 Å². The number of imidazole rings is 1. The number of nitrogens with two attached hydrogens (primary N) is 1. The first-order valence-corrected chi connectivity index (χ1v) is 5.94. The lowest BCUT2D eigenvalue weighted by molar-refractivity contribution is 0.273. The van der Waals surface area contributed by atoms with E-state index in [4.69, 9.17) is 5.73 Å². The molecule has 2 rings (SSSR count). The third kappa shape index (κ3) is 1.81. The van der Waals surface area contributed by atoms with E-state index < -0.39 is 0 Å². The van der Waals surface area contributed by atoms with Crippen molar-refractivity contribution >= 4 is 0 Å². The monoisotopic (exact) mass is 207 g/mol. The Morgan fingerprint density at radius 2 is 2.33 bits per heavy atom. The Bertz CT molecular complexity index is 327. The van der Waals surface area contributed by atoms with Gasteiger partial charge in [0, 0.05) is 18.4 Å². The highest BCUT2D eigenvalue weighted by molar-refractivity contribution is 5.08. The Balaban J connectivity index is 2.28.